The van der Waals surface area contributed by atoms with Gasteiger partial charge in [-0.25, -0.2) is 9.97 Å². The van der Waals surface area contributed by atoms with Gasteiger partial charge in [-0.05, 0) is 49.5 Å². The molecule has 0 amide bonds. The van der Waals surface area contributed by atoms with Crippen molar-refractivity contribution >= 4 is 27.4 Å². The Kier molecular flexibility index (Phi) is 3.74. The summed E-state index contributed by atoms with van der Waals surface area (Å²) in [6.07, 6.45) is 7.41. The Hall–Kier alpha value is -1.94. The first-order chi connectivity index (χ1) is 12.3. The second-order valence-corrected chi connectivity index (χ2v) is 8.55. The lowest BCUT2D eigenvalue weighted by Gasteiger charge is -2.29. The zero-order valence-electron chi connectivity index (χ0n) is 14.5. The average molecular weight is 350 g/mol. The van der Waals surface area contributed by atoms with Gasteiger partial charge in [-0.2, -0.15) is 0 Å². The van der Waals surface area contributed by atoms with E-state index in [1.54, 1.807) is 17.7 Å². The van der Waals surface area contributed by atoms with Crippen LogP contribution in [-0.4, -0.2) is 16.0 Å². The summed E-state index contributed by atoms with van der Waals surface area (Å²) in [7, 11) is 0. The first-order valence-corrected chi connectivity index (χ1v) is 10.2. The lowest BCUT2D eigenvalue weighted by atomic mass is 9.84. The van der Waals surface area contributed by atoms with Gasteiger partial charge in [-0.15, -0.1) is 11.3 Å². The van der Waals surface area contributed by atoms with Crippen LogP contribution < -0.4 is 5.32 Å². The smallest absolute Gasteiger partial charge is 0.139 e. The van der Waals surface area contributed by atoms with Gasteiger partial charge in [0.2, 0.25) is 0 Å². The van der Waals surface area contributed by atoms with E-state index in [0.717, 1.165) is 28.4 Å². The van der Waals surface area contributed by atoms with Gasteiger partial charge in [0, 0.05) is 17.0 Å². The Labute approximate surface area is 152 Å². The van der Waals surface area contributed by atoms with E-state index in [1.165, 1.54) is 42.2 Å². The fraction of sp³-hybridized carbons (Fsp3) is 0.429. The summed E-state index contributed by atoms with van der Waals surface area (Å²) in [4.78, 5) is 10.2. The van der Waals surface area contributed by atoms with E-state index in [0.29, 0.717) is 6.04 Å². The number of aromatic nitrogens is 2. The molecule has 2 aliphatic rings. The fourth-order valence-corrected chi connectivity index (χ4v) is 5.96. The van der Waals surface area contributed by atoms with Crippen LogP contribution in [0.2, 0.25) is 0 Å². The Morgan fingerprint density at radius 2 is 2.00 bits per heavy atom. The van der Waals surface area contributed by atoms with Gasteiger partial charge in [0.25, 0.3) is 0 Å². The molecule has 25 heavy (non-hydrogen) atoms. The van der Waals surface area contributed by atoms with Crippen molar-refractivity contribution in [3.05, 3.63) is 42.0 Å². The quantitative estimate of drug-likeness (QED) is 0.667. The highest BCUT2D eigenvalue weighted by Gasteiger charge is 2.41. The maximum Gasteiger partial charge on any atom is 0.139 e. The number of hydrogen-bond acceptors (Lipinski definition) is 4. The van der Waals surface area contributed by atoms with Crippen LogP contribution in [0.4, 0.5) is 5.82 Å². The maximum absolute atomic E-state index is 4.62. The average Bonchev–Trinajstić information content (AvgIpc) is 3.38. The Morgan fingerprint density at radius 3 is 2.76 bits per heavy atom. The summed E-state index contributed by atoms with van der Waals surface area (Å²) in [6, 6.07) is 11.0. The van der Waals surface area contributed by atoms with Crippen LogP contribution in [0.25, 0.3) is 21.3 Å². The summed E-state index contributed by atoms with van der Waals surface area (Å²) >= 11 is 1.70. The maximum atomic E-state index is 4.62. The number of nitrogens with zero attached hydrogens (tertiary/aromatic N) is 2. The number of anilines is 1. The zero-order valence-corrected chi connectivity index (χ0v) is 15.3. The van der Waals surface area contributed by atoms with E-state index in [2.05, 4.69) is 57.9 Å². The third-order valence-electron chi connectivity index (χ3n) is 6.25. The van der Waals surface area contributed by atoms with Gasteiger partial charge in [0.1, 0.15) is 17.0 Å². The molecule has 2 saturated carbocycles. The van der Waals surface area contributed by atoms with E-state index in [-0.39, 0.29) is 0 Å². The van der Waals surface area contributed by atoms with Crippen molar-refractivity contribution in [1.29, 1.82) is 0 Å². The molecule has 2 aliphatic carbocycles. The molecule has 128 valence electrons. The Morgan fingerprint density at radius 1 is 1.12 bits per heavy atom. The first kappa shape index (κ1) is 15.3. The highest BCUT2D eigenvalue weighted by molar-refractivity contribution is 7.17. The fourth-order valence-electron chi connectivity index (χ4n) is 5.04. The molecule has 1 aromatic carbocycles. The Bertz CT molecular complexity index is 889. The van der Waals surface area contributed by atoms with Crippen LogP contribution in [0.5, 0.6) is 0 Å². The van der Waals surface area contributed by atoms with Crippen molar-refractivity contribution in [2.45, 2.75) is 38.6 Å². The third kappa shape index (κ3) is 2.63. The summed E-state index contributed by atoms with van der Waals surface area (Å²) in [6.45, 7) is 2.34. The molecule has 3 nitrogen and oxygen atoms in total. The molecule has 2 aromatic heterocycles. The molecule has 0 radical (unpaired) electrons. The van der Waals surface area contributed by atoms with E-state index in [1.807, 2.05) is 0 Å². The number of fused-ring (bicyclic) bond motifs is 3. The number of hydrogen-bond donors (Lipinski definition) is 1. The monoisotopic (exact) mass is 349 g/mol. The molecule has 0 spiro atoms. The highest BCUT2D eigenvalue weighted by Crippen LogP contribution is 2.50. The molecule has 0 unspecified atom stereocenters. The van der Waals surface area contributed by atoms with Gasteiger partial charge in [0.15, 0.2) is 0 Å². The van der Waals surface area contributed by atoms with Gasteiger partial charge in [-0.1, -0.05) is 36.8 Å². The zero-order chi connectivity index (χ0) is 16.8. The second kappa shape index (κ2) is 6.10. The minimum absolute atomic E-state index is 0.469. The molecule has 1 N–H and O–H groups in total. The molecular weight excluding hydrogens is 326 g/mol. The Balaban J connectivity index is 1.50. The SMILES string of the molecule is C[C@H](Nc1ncnc2scc(-c3ccccc3)c12)[C@@H]1C[C@H]2CC[C@H]1C2. The summed E-state index contributed by atoms with van der Waals surface area (Å²) < 4.78 is 0. The molecular formula is C21H23N3S. The second-order valence-electron chi connectivity index (χ2n) is 7.69. The van der Waals surface area contributed by atoms with E-state index in [4.69, 9.17) is 0 Å². The number of benzene rings is 1. The minimum atomic E-state index is 0.469. The van der Waals surface area contributed by atoms with Crippen LogP contribution in [-0.2, 0) is 0 Å². The van der Waals surface area contributed by atoms with E-state index in [9.17, 15) is 0 Å². The summed E-state index contributed by atoms with van der Waals surface area (Å²) in [5.41, 5.74) is 2.48. The van der Waals surface area contributed by atoms with Gasteiger partial charge >= 0.3 is 0 Å². The number of thiophene rings is 1. The molecule has 2 bridgehead atoms. The van der Waals surface area contributed by atoms with E-state index >= 15 is 0 Å². The lowest BCUT2D eigenvalue weighted by molar-refractivity contribution is 0.304. The normalized spacial score (nSPS) is 26.2. The highest BCUT2D eigenvalue weighted by atomic mass is 32.1. The third-order valence-corrected chi connectivity index (χ3v) is 7.14. The van der Waals surface area contributed by atoms with E-state index < -0.39 is 0 Å². The van der Waals surface area contributed by atoms with Crippen LogP contribution in [0, 0.1) is 17.8 Å². The topological polar surface area (TPSA) is 37.8 Å². The first-order valence-electron chi connectivity index (χ1n) is 9.33. The summed E-state index contributed by atoms with van der Waals surface area (Å²) in [5.74, 6) is 3.69. The number of nitrogens with one attached hydrogen (secondary N) is 1. The lowest BCUT2D eigenvalue weighted by Crippen LogP contribution is -2.30. The van der Waals surface area contributed by atoms with Crippen molar-refractivity contribution in [1.82, 2.24) is 9.97 Å². The van der Waals surface area contributed by atoms with Crippen molar-refractivity contribution < 1.29 is 0 Å². The van der Waals surface area contributed by atoms with Crippen LogP contribution in [0.3, 0.4) is 0 Å². The van der Waals surface area contributed by atoms with Crippen molar-refractivity contribution in [3.8, 4) is 11.1 Å². The molecule has 0 aliphatic heterocycles. The van der Waals surface area contributed by atoms with Crippen LogP contribution >= 0.6 is 11.3 Å². The van der Waals surface area contributed by atoms with Crippen molar-refractivity contribution in [2.24, 2.45) is 17.8 Å². The molecule has 2 heterocycles. The standard InChI is InChI=1S/C21H23N3S/c1-13(17-10-14-7-8-16(17)9-14)24-20-19-18(15-5-3-2-4-6-15)11-25-21(19)23-12-22-20/h2-6,11-14,16-17H,7-10H2,1H3,(H,22,23,24)/t13-,14-,16-,17-/m0/s1. The van der Waals surface area contributed by atoms with Gasteiger partial charge < -0.3 is 5.32 Å². The van der Waals surface area contributed by atoms with Crippen LogP contribution in [0.1, 0.15) is 32.6 Å². The molecule has 4 heteroatoms. The molecule has 4 atom stereocenters. The summed E-state index contributed by atoms with van der Waals surface area (Å²) in [5, 5.41) is 7.15. The predicted octanol–water partition coefficient (Wildman–Crippen LogP) is 5.59. The molecule has 3 aromatic rings. The molecule has 0 saturated heterocycles. The minimum Gasteiger partial charge on any atom is -0.367 e. The van der Waals surface area contributed by atoms with Crippen molar-refractivity contribution in [3.63, 3.8) is 0 Å². The number of rotatable bonds is 4. The molecule has 5 rings (SSSR count). The largest absolute Gasteiger partial charge is 0.367 e. The van der Waals surface area contributed by atoms with Crippen molar-refractivity contribution in [2.75, 3.05) is 5.32 Å². The predicted molar refractivity (Wildman–Crippen MR) is 105 cm³/mol. The van der Waals surface area contributed by atoms with Crippen LogP contribution in [0.15, 0.2) is 42.0 Å². The van der Waals surface area contributed by atoms with Gasteiger partial charge in [-0.3, -0.25) is 0 Å². The van der Waals surface area contributed by atoms with Gasteiger partial charge in [0.05, 0.1) is 5.39 Å². The molecule has 2 fully saturated rings.